The van der Waals surface area contributed by atoms with Crippen LogP contribution in [0.5, 0.6) is 0 Å². The minimum atomic E-state index is 0.638. The van der Waals surface area contributed by atoms with Gasteiger partial charge in [-0.2, -0.15) is 0 Å². The van der Waals surface area contributed by atoms with E-state index in [4.69, 9.17) is 0 Å². The Morgan fingerprint density at radius 3 is 2.75 bits per heavy atom. The predicted molar refractivity (Wildman–Crippen MR) is 48.7 cm³/mol. The van der Waals surface area contributed by atoms with Crippen molar-refractivity contribution in [1.29, 1.82) is 0 Å². The molecule has 0 aromatic carbocycles. The molecule has 1 heteroatoms. The van der Waals surface area contributed by atoms with E-state index in [2.05, 4.69) is 12.7 Å². The van der Waals surface area contributed by atoms with Crippen LogP contribution >= 0.6 is 0 Å². The predicted octanol–water partition coefficient (Wildman–Crippen LogP) is 2.42. The van der Waals surface area contributed by atoms with Gasteiger partial charge in [0.05, 0.1) is 0 Å². The van der Waals surface area contributed by atoms with Crippen molar-refractivity contribution >= 4 is 6.29 Å². The maximum absolute atomic E-state index is 10.5. The second-order valence-electron chi connectivity index (χ2n) is 4.21. The maximum atomic E-state index is 10.5. The fourth-order valence-corrected chi connectivity index (χ4v) is 3.28. The van der Waals surface area contributed by atoms with Crippen LogP contribution in [0.1, 0.15) is 25.7 Å². The molecule has 2 saturated carbocycles. The van der Waals surface area contributed by atoms with Crippen LogP contribution in [-0.2, 0) is 4.79 Å². The summed E-state index contributed by atoms with van der Waals surface area (Å²) in [6.45, 7) is 3.88. The van der Waals surface area contributed by atoms with Gasteiger partial charge in [-0.3, -0.25) is 0 Å². The van der Waals surface area contributed by atoms with E-state index < -0.39 is 0 Å². The maximum Gasteiger partial charge on any atom is 0.120 e. The van der Waals surface area contributed by atoms with E-state index in [1.54, 1.807) is 0 Å². The highest BCUT2D eigenvalue weighted by molar-refractivity contribution is 5.50. The van der Waals surface area contributed by atoms with E-state index >= 15 is 0 Å². The molecule has 0 amide bonds. The minimum absolute atomic E-state index is 0.638. The van der Waals surface area contributed by atoms with Crippen LogP contribution in [0.3, 0.4) is 0 Å². The van der Waals surface area contributed by atoms with Gasteiger partial charge in [0, 0.05) is 6.42 Å². The summed E-state index contributed by atoms with van der Waals surface area (Å²) in [7, 11) is 0. The van der Waals surface area contributed by atoms with Gasteiger partial charge < -0.3 is 4.79 Å². The Kier molecular flexibility index (Phi) is 2.03. The largest absolute Gasteiger partial charge is 0.303 e. The van der Waals surface area contributed by atoms with Crippen LogP contribution in [0.4, 0.5) is 0 Å². The van der Waals surface area contributed by atoms with Crippen molar-refractivity contribution in [3.63, 3.8) is 0 Å². The SMILES string of the molecule is C=C[C@@H]1[C@@H]2CC[C@@H](C2)[C@@H]1CC=O. The van der Waals surface area contributed by atoms with Crippen molar-refractivity contribution in [3.05, 3.63) is 12.7 Å². The monoisotopic (exact) mass is 164 g/mol. The number of fused-ring (bicyclic) bond motifs is 2. The van der Waals surface area contributed by atoms with Gasteiger partial charge in [-0.25, -0.2) is 0 Å². The Morgan fingerprint density at radius 2 is 2.08 bits per heavy atom. The van der Waals surface area contributed by atoms with E-state index in [9.17, 15) is 4.79 Å². The molecule has 0 saturated heterocycles. The molecule has 0 N–H and O–H groups in total. The van der Waals surface area contributed by atoms with Crippen molar-refractivity contribution in [2.45, 2.75) is 25.7 Å². The zero-order chi connectivity index (χ0) is 8.55. The summed E-state index contributed by atoms with van der Waals surface area (Å²) >= 11 is 0. The smallest absolute Gasteiger partial charge is 0.120 e. The average molecular weight is 164 g/mol. The van der Waals surface area contributed by atoms with Crippen LogP contribution in [0.25, 0.3) is 0 Å². The van der Waals surface area contributed by atoms with Gasteiger partial charge in [0.15, 0.2) is 0 Å². The number of allylic oxidation sites excluding steroid dienone is 1. The van der Waals surface area contributed by atoms with Crippen molar-refractivity contribution in [2.24, 2.45) is 23.7 Å². The standard InChI is InChI=1S/C11H16O/c1-2-10-8-3-4-9(7-8)11(10)5-6-12/h2,6,8-11H,1,3-5,7H2/t8-,9+,10-,11+/m1/s1. The third-order valence-corrected chi connectivity index (χ3v) is 3.80. The number of carbonyl (C=O) groups is 1. The van der Waals surface area contributed by atoms with Crippen molar-refractivity contribution < 1.29 is 4.79 Å². The summed E-state index contributed by atoms with van der Waals surface area (Å²) in [5, 5.41) is 0. The molecule has 2 fully saturated rings. The zero-order valence-electron chi connectivity index (χ0n) is 7.41. The van der Waals surface area contributed by atoms with Crippen LogP contribution < -0.4 is 0 Å². The van der Waals surface area contributed by atoms with Gasteiger partial charge >= 0.3 is 0 Å². The number of rotatable bonds is 3. The van der Waals surface area contributed by atoms with Crippen molar-refractivity contribution in [2.75, 3.05) is 0 Å². The fourth-order valence-electron chi connectivity index (χ4n) is 3.28. The van der Waals surface area contributed by atoms with E-state index in [1.807, 2.05) is 0 Å². The molecule has 2 aliphatic rings. The molecular formula is C11H16O. The van der Waals surface area contributed by atoms with Crippen molar-refractivity contribution in [1.82, 2.24) is 0 Å². The number of hydrogen-bond acceptors (Lipinski definition) is 1. The molecule has 66 valence electrons. The Hall–Kier alpha value is -0.590. The number of aldehydes is 1. The highest BCUT2D eigenvalue weighted by atomic mass is 16.1. The Bertz CT molecular complexity index is 197. The molecule has 0 aromatic heterocycles. The van der Waals surface area contributed by atoms with Gasteiger partial charge in [-0.05, 0) is 42.9 Å². The molecule has 0 unspecified atom stereocenters. The first-order chi connectivity index (χ1) is 5.86. The second-order valence-corrected chi connectivity index (χ2v) is 4.21. The van der Waals surface area contributed by atoms with Gasteiger partial charge in [0.2, 0.25) is 0 Å². The quantitative estimate of drug-likeness (QED) is 0.462. The lowest BCUT2D eigenvalue weighted by molar-refractivity contribution is -0.109. The lowest BCUT2D eigenvalue weighted by Crippen LogP contribution is -2.20. The van der Waals surface area contributed by atoms with E-state index in [0.29, 0.717) is 11.8 Å². The van der Waals surface area contributed by atoms with Gasteiger partial charge in [0.1, 0.15) is 6.29 Å². The third-order valence-electron chi connectivity index (χ3n) is 3.80. The Balaban J connectivity index is 2.10. The average Bonchev–Trinajstić information content (AvgIpc) is 2.64. The summed E-state index contributed by atoms with van der Waals surface area (Å²) in [4.78, 5) is 10.5. The second kappa shape index (κ2) is 3.04. The number of hydrogen-bond donors (Lipinski definition) is 0. The molecular weight excluding hydrogens is 148 g/mol. The summed E-state index contributed by atoms with van der Waals surface area (Å²) < 4.78 is 0. The van der Waals surface area contributed by atoms with E-state index in [0.717, 1.165) is 24.5 Å². The molecule has 0 aliphatic heterocycles. The zero-order valence-corrected chi connectivity index (χ0v) is 7.41. The molecule has 0 radical (unpaired) electrons. The molecule has 4 atom stereocenters. The highest BCUT2D eigenvalue weighted by Crippen LogP contribution is 2.53. The molecule has 2 rings (SSSR count). The van der Waals surface area contributed by atoms with Crippen LogP contribution in [0.2, 0.25) is 0 Å². The van der Waals surface area contributed by atoms with E-state index in [-0.39, 0.29) is 0 Å². The molecule has 0 spiro atoms. The lowest BCUT2D eigenvalue weighted by Gasteiger charge is -2.26. The molecule has 12 heavy (non-hydrogen) atoms. The van der Waals surface area contributed by atoms with Gasteiger partial charge in [-0.1, -0.05) is 6.08 Å². The molecule has 0 aromatic rings. The lowest BCUT2D eigenvalue weighted by atomic mass is 9.78. The first-order valence-electron chi connectivity index (χ1n) is 4.93. The molecule has 2 bridgehead atoms. The topological polar surface area (TPSA) is 17.1 Å². The van der Waals surface area contributed by atoms with E-state index in [1.165, 1.54) is 19.3 Å². The third kappa shape index (κ3) is 1.03. The highest BCUT2D eigenvalue weighted by Gasteiger charge is 2.45. The molecule has 0 heterocycles. The van der Waals surface area contributed by atoms with Gasteiger partial charge in [-0.15, -0.1) is 6.58 Å². The summed E-state index contributed by atoms with van der Waals surface area (Å²) in [5.41, 5.74) is 0. The summed E-state index contributed by atoms with van der Waals surface area (Å²) in [6.07, 6.45) is 8.01. The Morgan fingerprint density at radius 1 is 1.33 bits per heavy atom. The van der Waals surface area contributed by atoms with Crippen molar-refractivity contribution in [3.8, 4) is 0 Å². The first-order valence-corrected chi connectivity index (χ1v) is 4.93. The summed E-state index contributed by atoms with van der Waals surface area (Å²) in [5.74, 6) is 2.98. The minimum Gasteiger partial charge on any atom is -0.303 e. The normalized spacial score (nSPS) is 44.7. The molecule has 2 aliphatic carbocycles. The summed E-state index contributed by atoms with van der Waals surface area (Å²) in [6, 6.07) is 0. The van der Waals surface area contributed by atoms with Crippen LogP contribution in [-0.4, -0.2) is 6.29 Å². The fraction of sp³-hybridized carbons (Fsp3) is 0.727. The first kappa shape index (κ1) is 8.03. The van der Waals surface area contributed by atoms with Crippen LogP contribution in [0, 0.1) is 23.7 Å². The van der Waals surface area contributed by atoms with Crippen LogP contribution in [0.15, 0.2) is 12.7 Å². The van der Waals surface area contributed by atoms with Gasteiger partial charge in [0.25, 0.3) is 0 Å². The Labute approximate surface area is 73.8 Å². The molecule has 1 nitrogen and oxygen atoms in total. The number of carbonyl (C=O) groups excluding carboxylic acids is 1.